The van der Waals surface area contributed by atoms with E-state index in [9.17, 15) is 22.8 Å². The fourth-order valence-corrected chi connectivity index (χ4v) is 4.36. The molecule has 1 aliphatic carbocycles. The fraction of sp³-hybridized carbons (Fsp3) is 0.632. The van der Waals surface area contributed by atoms with Gasteiger partial charge >= 0.3 is 6.18 Å². The molecule has 9 heteroatoms. The summed E-state index contributed by atoms with van der Waals surface area (Å²) in [5, 5.41) is 2.72. The molecule has 3 atom stereocenters. The topological polar surface area (TPSA) is 62.3 Å². The van der Waals surface area contributed by atoms with E-state index in [1.165, 1.54) is 4.90 Å². The lowest BCUT2D eigenvalue weighted by atomic mass is 9.77. The molecule has 1 aromatic heterocycles. The number of halogens is 4. The number of nitrogens with one attached hydrogen (secondary N) is 1. The van der Waals surface area contributed by atoms with Crippen LogP contribution in [0.4, 0.5) is 19.0 Å². The molecule has 1 aromatic rings. The summed E-state index contributed by atoms with van der Waals surface area (Å²) in [7, 11) is 0. The van der Waals surface area contributed by atoms with E-state index in [2.05, 4.69) is 26.2 Å². The number of piperidine rings is 1. The summed E-state index contributed by atoms with van der Waals surface area (Å²) in [4.78, 5) is 30.9. The normalized spacial score (nSPS) is 26.0. The number of hydrogen-bond donors (Lipinski definition) is 1. The van der Waals surface area contributed by atoms with Gasteiger partial charge in [-0.25, -0.2) is 4.98 Å². The first-order chi connectivity index (χ1) is 13.3. The van der Waals surface area contributed by atoms with Crippen molar-refractivity contribution in [1.82, 2.24) is 9.88 Å². The molecule has 1 saturated heterocycles. The second-order valence-electron chi connectivity index (χ2n) is 7.51. The van der Waals surface area contributed by atoms with E-state index in [1.807, 2.05) is 0 Å². The van der Waals surface area contributed by atoms with Crippen LogP contribution in [-0.2, 0) is 9.59 Å². The number of alkyl halides is 3. The zero-order chi connectivity index (χ0) is 20.3. The van der Waals surface area contributed by atoms with Gasteiger partial charge < -0.3 is 10.2 Å². The Kier molecular flexibility index (Phi) is 6.62. The number of nitrogens with zero attached hydrogens (tertiary/aromatic N) is 2. The van der Waals surface area contributed by atoms with E-state index >= 15 is 0 Å². The van der Waals surface area contributed by atoms with Gasteiger partial charge in [-0.2, -0.15) is 13.2 Å². The van der Waals surface area contributed by atoms with Gasteiger partial charge in [0, 0.05) is 29.7 Å². The molecule has 0 bridgehead atoms. The van der Waals surface area contributed by atoms with Crippen LogP contribution >= 0.6 is 15.9 Å². The van der Waals surface area contributed by atoms with Gasteiger partial charge in [0.1, 0.15) is 5.82 Å². The van der Waals surface area contributed by atoms with E-state index in [4.69, 9.17) is 0 Å². The molecular formula is C19H23BrF3N3O2. The number of hydrogen-bond acceptors (Lipinski definition) is 3. The Labute approximate surface area is 170 Å². The first kappa shape index (κ1) is 21.1. The van der Waals surface area contributed by atoms with Crippen molar-refractivity contribution in [2.45, 2.75) is 44.7 Å². The third-order valence-electron chi connectivity index (χ3n) is 5.59. The molecule has 2 amide bonds. The predicted molar refractivity (Wildman–Crippen MR) is 101 cm³/mol. The van der Waals surface area contributed by atoms with Crippen molar-refractivity contribution in [3.8, 4) is 0 Å². The SMILES string of the molecule is O=C(Nc1ccc(Br)cn1)C1CCCN(C(=O)C2CCCCC2C(F)(F)F)C1. The molecule has 0 radical (unpaired) electrons. The fourth-order valence-electron chi connectivity index (χ4n) is 4.12. The van der Waals surface area contributed by atoms with Gasteiger partial charge in [-0.1, -0.05) is 12.8 Å². The monoisotopic (exact) mass is 461 g/mol. The second-order valence-corrected chi connectivity index (χ2v) is 8.43. The number of pyridine rings is 1. The number of rotatable bonds is 3. The van der Waals surface area contributed by atoms with Crippen LogP contribution in [0.3, 0.4) is 0 Å². The number of carbonyl (C=O) groups excluding carboxylic acids is 2. The lowest BCUT2D eigenvalue weighted by molar-refractivity contribution is -0.201. The summed E-state index contributed by atoms with van der Waals surface area (Å²) in [6.07, 6.45) is -0.199. The van der Waals surface area contributed by atoms with E-state index < -0.39 is 29.8 Å². The number of carbonyl (C=O) groups is 2. The van der Waals surface area contributed by atoms with Crippen molar-refractivity contribution in [2.24, 2.45) is 17.8 Å². The van der Waals surface area contributed by atoms with Crippen LogP contribution in [0, 0.1) is 17.8 Å². The largest absolute Gasteiger partial charge is 0.392 e. The van der Waals surface area contributed by atoms with Gasteiger partial charge in [-0.05, 0) is 53.7 Å². The highest BCUT2D eigenvalue weighted by atomic mass is 79.9. The molecule has 1 N–H and O–H groups in total. The number of likely N-dealkylation sites (tertiary alicyclic amines) is 1. The van der Waals surface area contributed by atoms with Crippen LogP contribution in [-0.4, -0.2) is 41.0 Å². The Bertz CT molecular complexity index is 711. The van der Waals surface area contributed by atoms with Crippen molar-refractivity contribution in [2.75, 3.05) is 18.4 Å². The average Bonchev–Trinajstić information content (AvgIpc) is 2.68. The van der Waals surface area contributed by atoms with Crippen LogP contribution in [0.5, 0.6) is 0 Å². The van der Waals surface area contributed by atoms with Crippen LogP contribution in [0.2, 0.25) is 0 Å². The molecule has 5 nitrogen and oxygen atoms in total. The maximum absolute atomic E-state index is 13.3. The second kappa shape index (κ2) is 8.80. The maximum atomic E-state index is 13.3. The summed E-state index contributed by atoms with van der Waals surface area (Å²) < 4.78 is 40.8. The third-order valence-corrected chi connectivity index (χ3v) is 6.06. The Balaban J connectivity index is 1.64. The number of amides is 2. The van der Waals surface area contributed by atoms with Crippen LogP contribution in [0.25, 0.3) is 0 Å². The summed E-state index contributed by atoms with van der Waals surface area (Å²) in [6, 6.07) is 3.41. The van der Waals surface area contributed by atoms with Crippen LogP contribution in [0.1, 0.15) is 38.5 Å². The van der Waals surface area contributed by atoms with Crippen molar-refractivity contribution >= 4 is 33.6 Å². The molecule has 2 heterocycles. The standard InChI is InChI=1S/C19H23BrF3N3O2/c20-13-7-8-16(24-10-13)25-17(27)12-4-3-9-26(11-12)18(28)14-5-1-2-6-15(14)19(21,22)23/h7-8,10,12,14-15H,1-6,9,11H2,(H,24,25,27). The zero-order valence-corrected chi connectivity index (χ0v) is 16.9. The summed E-state index contributed by atoms with van der Waals surface area (Å²) in [5.74, 6) is -3.36. The van der Waals surface area contributed by atoms with Crippen LogP contribution < -0.4 is 5.32 Å². The van der Waals surface area contributed by atoms with Crippen LogP contribution in [0.15, 0.2) is 22.8 Å². The first-order valence-corrected chi connectivity index (χ1v) is 10.3. The molecule has 0 spiro atoms. The minimum absolute atomic E-state index is 0.00684. The van der Waals surface area contributed by atoms with Crippen molar-refractivity contribution in [1.29, 1.82) is 0 Å². The summed E-state index contributed by atoms with van der Waals surface area (Å²) in [5.41, 5.74) is 0. The molecule has 3 unspecified atom stereocenters. The smallest absolute Gasteiger partial charge is 0.342 e. The minimum Gasteiger partial charge on any atom is -0.342 e. The quantitative estimate of drug-likeness (QED) is 0.725. The molecule has 1 aliphatic heterocycles. The van der Waals surface area contributed by atoms with E-state index in [-0.39, 0.29) is 25.3 Å². The molecule has 3 rings (SSSR count). The van der Waals surface area contributed by atoms with Gasteiger partial charge in [0.25, 0.3) is 0 Å². The van der Waals surface area contributed by atoms with Crippen molar-refractivity contribution in [3.05, 3.63) is 22.8 Å². The van der Waals surface area contributed by atoms with E-state index in [1.54, 1.807) is 18.3 Å². The third kappa shape index (κ3) is 5.04. The molecule has 2 aliphatic rings. The van der Waals surface area contributed by atoms with E-state index in [0.717, 1.165) is 4.47 Å². The Morgan fingerprint density at radius 1 is 1.14 bits per heavy atom. The van der Waals surface area contributed by atoms with Crippen molar-refractivity contribution in [3.63, 3.8) is 0 Å². The highest BCUT2D eigenvalue weighted by molar-refractivity contribution is 9.10. The zero-order valence-electron chi connectivity index (χ0n) is 15.3. The number of anilines is 1. The Morgan fingerprint density at radius 2 is 1.89 bits per heavy atom. The maximum Gasteiger partial charge on any atom is 0.392 e. The van der Waals surface area contributed by atoms with Gasteiger partial charge in [-0.3, -0.25) is 9.59 Å². The summed E-state index contributed by atoms with van der Waals surface area (Å²) >= 11 is 3.27. The first-order valence-electron chi connectivity index (χ1n) is 9.53. The Hall–Kier alpha value is -1.64. The molecule has 0 aromatic carbocycles. The van der Waals surface area contributed by atoms with Gasteiger partial charge in [-0.15, -0.1) is 0 Å². The molecule has 154 valence electrons. The Morgan fingerprint density at radius 3 is 2.57 bits per heavy atom. The molecular weight excluding hydrogens is 439 g/mol. The lowest BCUT2D eigenvalue weighted by Crippen LogP contribution is -2.49. The number of aromatic nitrogens is 1. The van der Waals surface area contributed by atoms with Gasteiger partial charge in [0.2, 0.25) is 11.8 Å². The van der Waals surface area contributed by atoms with Crippen molar-refractivity contribution < 1.29 is 22.8 Å². The molecule has 2 fully saturated rings. The minimum atomic E-state index is -4.36. The van der Waals surface area contributed by atoms with E-state index in [0.29, 0.717) is 38.0 Å². The predicted octanol–water partition coefficient (Wildman–Crippen LogP) is 4.39. The summed E-state index contributed by atoms with van der Waals surface area (Å²) in [6.45, 7) is 0.558. The molecule has 1 saturated carbocycles. The highest BCUT2D eigenvalue weighted by Gasteiger charge is 2.49. The molecule has 28 heavy (non-hydrogen) atoms. The van der Waals surface area contributed by atoms with Gasteiger partial charge in [0.05, 0.1) is 11.8 Å². The highest BCUT2D eigenvalue weighted by Crippen LogP contribution is 2.42. The van der Waals surface area contributed by atoms with Gasteiger partial charge in [0.15, 0.2) is 0 Å². The lowest BCUT2D eigenvalue weighted by Gasteiger charge is -2.38. The average molecular weight is 462 g/mol.